The van der Waals surface area contributed by atoms with Crippen LogP contribution in [0.5, 0.6) is 0 Å². The summed E-state index contributed by atoms with van der Waals surface area (Å²) in [5.41, 5.74) is -3.90. The van der Waals surface area contributed by atoms with Gasteiger partial charge < -0.3 is 57.7 Å². The average Bonchev–Trinajstić information content (AvgIpc) is 3.12. The minimum absolute atomic E-state index is 0.0356. The van der Waals surface area contributed by atoms with E-state index in [4.69, 9.17) is 42.6 Å². The molecule has 0 aromatic heterocycles. The van der Waals surface area contributed by atoms with Gasteiger partial charge in [-0.15, -0.1) is 0 Å². The molecule has 54 heavy (non-hydrogen) atoms. The molecular weight excluding hydrogens is 702 g/mol. The number of aliphatic hydroxyl groups excluding tert-OH is 1. The smallest absolute Gasteiger partial charge is 0.311 e. The molecule has 3 saturated heterocycles. The van der Waals surface area contributed by atoms with Gasteiger partial charge in [0.1, 0.15) is 29.7 Å². The van der Waals surface area contributed by atoms with Gasteiger partial charge in [0.15, 0.2) is 12.6 Å². The number of cyclic esters (lactones) is 1. The average molecular weight is 776 g/mol. The zero-order valence-electron chi connectivity index (χ0n) is 35.8. The van der Waals surface area contributed by atoms with Crippen LogP contribution >= 0.6 is 0 Å². The first-order chi connectivity index (χ1) is 25.1. The van der Waals surface area contributed by atoms with Gasteiger partial charge in [-0.05, 0) is 74.9 Å². The summed E-state index contributed by atoms with van der Waals surface area (Å²) in [7, 11) is 10.4. The van der Waals surface area contributed by atoms with Crippen LogP contribution in [0.1, 0.15) is 94.9 Å². The maximum atomic E-state index is 14.3. The van der Waals surface area contributed by atoms with Gasteiger partial charge in [0.25, 0.3) is 0 Å². The number of carbonyl (C=O) groups is 2. The summed E-state index contributed by atoms with van der Waals surface area (Å²) < 4.78 is 57.0. The minimum atomic E-state index is -1.94. The van der Waals surface area contributed by atoms with E-state index in [1.54, 1.807) is 56.1 Å². The van der Waals surface area contributed by atoms with Crippen molar-refractivity contribution in [2.75, 3.05) is 42.5 Å². The van der Waals surface area contributed by atoms with Crippen molar-refractivity contribution >= 4 is 11.8 Å². The molecule has 2 N–H and O–H groups in total. The van der Waals surface area contributed by atoms with Gasteiger partial charge in [0, 0.05) is 58.7 Å². The maximum absolute atomic E-state index is 14.3. The van der Waals surface area contributed by atoms with Crippen molar-refractivity contribution in [3.8, 4) is 0 Å². The molecule has 316 valence electrons. The lowest BCUT2D eigenvalue weighted by Gasteiger charge is -2.50. The predicted octanol–water partition coefficient (Wildman–Crippen LogP) is 3.75. The van der Waals surface area contributed by atoms with Crippen LogP contribution in [0.4, 0.5) is 0 Å². The zero-order valence-corrected chi connectivity index (χ0v) is 35.8. The van der Waals surface area contributed by atoms with Crippen molar-refractivity contribution in [3.05, 3.63) is 0 Å². The molecule has 0 aliphatic carbocycles. The van der Waals surface area contributed by atoms with E-state index >= 15 is 0 Å². The third-order valence-corrected chi connectivity index (χ3v) is 12.7. The highest BCUT2D eigenvalue weighted by Gasteiger charge is 2.54. The molecule has 0 aromatic carbocycles. The number of rotatable bonds is 10. The summed E-state index contributed by atoms with van der Waals surface area (Å²) in [6, 6.07) is -0.0356. The second-order valence-corrected chi connectivity index (χ2v) is 17.1. The predicted molar refractivity (Wildman–Crippen MR) is 201 cm³/mol. The topological polar surface area (TPSA) is 161 Å². The number of ketones is 1. The van der Waals surface area contributed by atoms with Crippen molar-refractivity contribution in [3.63, 3.8) is 0 Å². The fourth-order valence-electron chi connectivity index (χ4n) is 9.26. The molecule has 3 aliphatic rings. The third-order valence-electron chi connectivity index (χ3n) is 12.7. The first-order valence-electron chi connectivity index (χ1n) is 19.7. The molecule has 0 amide bonds. The van der Waals surface area contributed by atoms with Gasteiger partial charge in [-0.1, -0.05) is 27.7 Å². The molecule has 14 nitrogen and oxygen atoms in total. The van der Waals surface area contributed by atoms with Crippen LogP contribution in [0.25, 0.3) is 0 Å². The molecule has 0 saturated carbocycles. The Balaban J connectivity index is 2.25. The molecular formula is C40H73NO13. The number of Topliss-reactive ketones (excluding diaryl/α,β-unsaturated/α-hetero) is 1. The van der Waals surface area contributed by atoms with Gasteiger partial charge >= 0.3 is 5.97 Å². The number of likely N-dealkylation sites (N-methyl/N-ethyl adjacent to an activating group) is 1. The van der Waals surface area contributed by atoms with Gasteiger partial charge in [0.05, 0.1) is 47.6 Å². The molecule has 3 fully saturated rings. The van der Waals surface area contributed by atoms with E-state index < -0.39 is 95.6 Å². The Morgan fingerprint density at radius 2 is 1.41 bits per heavy atom. The van der Waals surface area contributed by atoms with Gasteiger partial charge in [-0.2, -0.15) is 0 Å². The fraction of sp³-hybridized carbons (Fsp3) is 0.950. The second kappa shape index (κ2) is 19.0. The van der Waals surface area contributed by atoms with Crippen molar-refractivity contribution in [2.45, 2.75) is 179 Å². The molecule has 0 unspecified atom stereocenters. The number of nitrogens with zero attached hydrogens (tertiary/aromatic N) is 1. The monoisotopic (exact) mass is 776 g/mol. The normalized spacial score (nSPS) is 47.6. The van der Waals surface area contributed by atoms with Crippen LogP contribution in [0, 0.1) is 23.7 Å². The Kier molecular flexibility index (Phi) is 16.5. The number of hydrogen-bond acceptors (Lipinski definition) is 14. The lowest BCUT2D eigenvalue weighted by molar-refractivity contribution is -0.322. The number of esters is 1. The second-order valence-electron chi connectivity index (χ2n) is 17.1. The molecule has 3 aliphatic heterocycles. The molecule has 18 atom stereocenters. The van der Waals surface area contributed by atoms with E-state index in [1.807, 2.05) is 48.7 Å². The number of aliphatic hydroxyl groups is 2. The van der Waals surface area contributed by atoms with Crippen molar-refractivity contribution in [1.82, 2.24) is 4.90 Å². The van der Waals surface area contributed by atoms with Crippen LogP contribution in [0.15, 0.2) is 0 Å². The molecule has 0 spiro atoms. The summed E-state index contributed by atoms with van der Waals surface area (Å²) in [5.74, 6) is -4.15. The Morgan fingerprint density at radius 3 is 1.93 bits per heavy atom. The lowest BCUT2D eigenvalue weighted by atomic mass is 9.74. The first-order valence-corrected chi connectivity index (χ1v) is 19.7. The van der Waals surface area contributed by atoms with Crippen LogP contribution < -0.4 is 0 Å². The van der Waals surface area contributed by atoms with Crippen LogP contribution in [-0.4, -0.2) is 154 Å². The highest BCUT2D eigenvalue weighted by Crippen LogP contribution is 2.42. The summed E-state index contributed by atoms with van der Waals surface area (Å²) in [5, 5.41) is 23.2. The lowest BCUT2D eigenvalue weighted by Crippen LogP contribution is -2.62. The number of ether oxygens (including phenoxy) is 9. The number of methoxy groups -OCH3 is 4. The minimum Gasteiger partial charge on any atom is -0.459 e. The van der Waals surface area contributed by atoms with Crippen molar-refractivity contribution in [2.24, 2.45) is 23.7 Å². The molecule has 3 rings (SSSR count). The number of hydrogen-bond donors (Lipinski definition) is 2. The van der Waals surface area contributed by atoms with Crippen LogP contribution in [0.3, 0.4) is 0 Å². The highest BCUT2D eigenvalue weighted by atomic mass is 16.7. The molecule has 14 heteroatoms. The van der Waals surface area contributed by atoms with Gasteiger partial charge in [-0.3, -0.25) is 9.59 Å². The quantitative estimate of drug-likeness (QED) is 0.309. The van der Waals surface area contributed by atoms with Crippen LogP contribution in [0.2, 0.25) is 0 Å². The maximum Gasteiger partial charge on any atom is 0.311 e. The Labute approximate surface area is 324 Å². The Morgan fingerprint density at radius 1 is 0.815 bits per heavy atom. The van der Waals surface area contributed by atoms with E-state index in [0.717, 1.165) is 0 Å². The summed E-state index contributed by atoms with van der Waals surface area (Å²) in [6.45, 7) is 17.8. The van der Waals surface area contributed by atoms with E-state index in [0.29, 0.717) is 6.42 Å². The Hall–Kier alpha value is -1.30. The molecule has 0 aromatic rings. The van der Waals surface area contributed by atoms with Crippen molar-refractivity contribution < 1.29 is 62.4 Å². The first kappa shape index (κ1) is 47.1. The van der Waals surface area contributed by atoms with E-state index in [2.05, 4.69) is 4.90 Å². The van der Waals surface area contributed by atoms with Gasteiger partial charge in [0.2, 0.25) is 0 Å². The molecule has 0 bridgehead atoms. The Bertz CT molecular complexity index is 1220. The number of carbonyl (C=O) groups excluding carboxylic acids is 2. The zero-order chi connectivity index (χ0) is 41.1. The third kappa shape index (κ3) is 9.86. The molecule has 0 radical (unpaired) electrons. The van der Waals surface area contributed by atoms with E-state index in [-0.39, 0.29) is 43.3 Å². The standard InChI is InChI=1S/C40H73NO13/c1-17-28-40(10,45)33(43)23(4)30(42)21(2)19-38(8,48-15)34(54-37-32(46-13)27(41(11)12)18-22(3)50-37)24(5)31(25(6)36(44)52-28)53-29-20-39(9,49-16)35(47-14)26(7)51-29/h21-29,31-35,37,43,45H,17-20H2,1-16H3/t21-,22-,23+,24+,25-,26+,27+,28-,29+,31+,32-,33-,34-,35+,37+,38-,39-,40-/m1/s1. The highest BCUT2D eigenvalue weighted by molar-refractivity contribution is 5.83. The molecule has 3 heterocycles. The van der Waals surface area contributed by atoms with Gasteiger partial charge in [-0.25, -0.2) is 0 Å². The SMILES string of the molecule is CC[C@H]1OC(=O)[C@H](C)[C@@H](O[C@H]2C[C@@](C)(OC)[C@@H](OC)[C@H](C)O2)[C@H](C)[C@@H](O[C@@H]2O[C@H](C)C[C@H](N(C)C)[C@H]2OC)[C@](C)(OC)C[C@@H](C)C(=O)[C@H](C)[C@@H](O)[C@]1(C)O. The van der Waals surface area contributed by atoms with E-state index in [9.17, 15) is 19.8 Å². The summed E-state index contributed by atoms with van der Waals surface area (Å²) >= 11 is 0. The summed E-state index contributed by atoms with van der Waals surface area (Å²) in [6.07, 6.45) is -6.26. The van der Waals surface area contributed by atoms with Crippen LogP contribution in [-0.2, 0) is 52.2 Å². The largest absolute Gasteiger partial charge is 0.459 e. The van der Waals surface area contributed by atoms with Crippen molar-refractivity contribution in [1.29, 1.82) is 0 Å². The fourth-order valence-corrected chi connectivity index (χ4v) is 9.26. The van der Waals surface area contributed by atoms with E-state index in [1.165, 1.54) is 6.92 Å². The summed E-state index contributed by atoms with van der Waals surface area (Å²) in [4.78, 5) is 30.5.